The lowest BCUT2D eigenvalue weighted by Crippen LogP contribution is -2.44. The highest BCUT2D eigenvalue weighted by Crippen LogP contribution is 2.42. The van der Waals surface area contributed by atoms with Crippen molar-refractivity contribution in [1.29, 1.82) is 0 Å². The second-order valence-corrected chi connectivity index (χ2v) is 10.4. The van der Waals surface area contributed by atoms with E-state index in [1.165, 1.54) is 4.90 Å². The molecule has 3 heterocycles. The van der Waals surface area contributed by atoms with Gasteiger partial charge in [0.2, 0.25) is 0 Å². The summed E-state index contributed by atoms with van der Waals surface area (Å²) in [4.78, 5) is 32.7. The quantitative estimate of drug-likeness (QED) is 0.311. The molecule has 8 heteroatoms. The summed E-state index contributed by atoms with van der Waals surface area (Å²) in [6, 6.07) is 17.9. The molecule has 1 aromatic heterocycles. The number of benzene rings is 2. The lowest BCUT2D eigenvalue weighted by molar-refractivity contribution is -0.132. The third-order valence-corrected chi connectivity index (χ3v) is 7.40. The molecule has 1 N–H and O–H groups in total. The zero-order chi connectivity index (χ0) is 27.0. The highest BCUT2D eigenvalue weighted by atomic mass is 16.3. The van der Waals surface area contributed by atoms with Gasteiger partial charge < -0.3 is 14.9 Å². The van der Waals surface area contributed by atoms with Crippen LogP contribution in [0.4, 0.5) is 11.5 Å². The van der Waals surface area contributed by atoms with Gasteiger partial charge in [0.1, 0.15) is 5.76 Å². The Balaban J connectivity index is 1.59. The molecule has 0 aliphatic carbocycles. The topological polar surface area (TPSA) is 89.9 Å². The smallest absolute Gasteiger partial charge is 0.301 e. The molecule has 2 aliphatic heterocycles. The van der Waals surface area contributed by atoms with Gasteiger partial charge in [-0.05, 0) is 55.3 Å². The molecular weight excluding hydrogens is 478 g/mol. The second kappa shape index (κ2) is 10.4. The van der Waals surface area contributed by atoms with Gasteiger partial charge in [-0.3, -0.25) is 14.5 Å². The number of carbonyl (C=O) groups is 2. The summed E-state index contributed by atoms with van der Waals surface area (Å²) in [5.74, 6) is -1.09. The van der Waals surface area contributed by atoms with Gasteiger partial charge in [0, 0.05) is 37.4 Å². The summed E-state index contributed by atoms with van der Waals surface area (Å²) < 4.78 is 0. The molecule has 1 amide bonds. The first-order chi connectivity index (χ1) is 18.2. The van der Waals surface area contributed by atoms with E-state index in [4.69, 9.17) is 0 Å². The lowest BCUT2D eigenvalue weighted by Gasteiger charge is -2.34. The highest BCUT2D eigenvalue weighted by Gasteiger charge is 2.47. The first-order valence-electron chi connectivity index (χ1n) is 13.0. The van der Waals surface area contributed by atoms with Gasteiger partial charge in [0.25, 0.3) is 5.78 Å². The molecule has 2 saturated heterocycles. The van der Waals surface area contributed by atoms with Crippen LogP contribution in [0.15, 0.2) is 66.2 Å². The van der Waals surface area contributed by atoms with E-state index in [0.29, 0.717) is 22.7 Å². The number of likely N-dealkylation sites (N-methyl/N-ethyl adjacent to an activating group) is 1. The van der Waals surface area contributed by atoms with Gasteiger partial charge in [0.05, 0.1) is 17.3 Å². The Morgan fingerprint density at radius 1 is 0.895 bits per heavy atom. The maximum atomic E-state index is 13.4. The summed E-state index contributed by atoms with van der Waals surface area (Å²) >= 11 is 0. The molecular formula is C30H33N5O3. The fourth-order valence-corrected chi connectivity index (χ4v) is 5.02. The molecule has 2 aromatic carbocycles. The third kappa shape index (κ3) is 4.79. The van der Waals surface area contributed by atoms with Crippen LogP contribution in [0.2, 0.25) is 0 Å². The number of Topliss-reactive ketones (excluding diaryl/α,β-unsaturated/α-hetero) is 1. The molecule has 2 aliphatic rings. The van der Waals surface area contributed by atoms with Gasteiger partial charge in [0.15, 0.2) is 5.82 Å². The summed E-state index contributed by atoms with van der Waals surface area (Å²) in [6.07, 6.45) is 0. The molecule has 2 fully saturated rings. The molecule has 1 atom stereocenters. The van der Waals surface area contributed by atoms with Gasteiger partial charge in [-0.25, -0.2) is 0 Å². The van der Waals surface area contributed by atoms with E-state index in [-0.39, 0.29) is 17.2 Å². The Hall–Kier alpha value is -4.04. The number of nitrogens with zero attached hydrogens (tertiary/aromatic N) is 5. The second-order valence-electron chi connectivity index (χ2n) is 10.4. The summed E-state index contributed by atoms with van der Waals surface area (Å²) in [6.45, 7) is 9.83. The fraction of sp³-hybridized carbons (Fsp3) is 0.333. The Morgan fingerprint density at radius 2 is 1.55 bits per heavy atom. The minimum absolute atomic E-state index is 0.0435. The van der Waals surface area contributed by atoms with E-state index in [0.717, 1.165) is 37.4 Å². The van der Waals surface area contributed by atoms with Crippen molar-refractivity contribution in [3.05, 3.63) is 88.6 Å². The van der Waals surface area contributed by atoms with E-state index in [1.807, 2.05) is 36.4 Å². The highest BCUT2D eigenvalue weighted by molar-refractivity contribution is 6.51. The fourth-order valence-electron chi connectivity index (χ4n) is 5.02. The van der Waals surface area contributed by atoms with Crippen molar-refractivity contribution in [1.82, 2.24) is 15.1 Å². The Bertz CT molecular complexity index is 1360. The zero-order valence-corrected chi connectivity index (χ0v) is 22.3. The molecule has 0 saturated carbocycles. The molecule has 8 nitrogen and oxygen atoms in total. The molecule has 0 spiro atoms. The van der Waals surface area contributed by atoms with E-state index >= 15 is 0 Å². The normalized spacial score (nSPS) is 20.0. The van der Waals surface area contributed by atoms with Crippen molar-refractivity contribution < 1.29 is 14.7 Å². The van der Waals surface area contributed by atoms with Crippen molar-refractivity contribution in [2.45, 2.75) is 32.7 Å². The van der Waals surface area contributed by atoms with Crippen LogP contribution < -0.4 is 9.80 Å². The summed E-state index contributed by atoms with van der Waals surface area (Å²) in [5, 5.41) is 19.7. The molecule has 3 aromatic rings. The lowest BCUT2D eigenvalue weighted by atomic mass is 9.94. The maximum absolute atomic E-state index is 13.4. The number of aliphatic hydroxyl groups excluding tert-OH is 1. The molecule has 38 heavy (non-hydrogen) atoms. The van der Waals surface area contributed by atoms with E-state index < -0.39 is 17.7 Å². The summed E-state index contributed by atoms with van der Waals surface area (Å²) in [5.41, 5.74) is 4.14. The third-order valence-electron chi connectivity index (χ3n) is 7.40. The van der Waals surface area contributed by atoms with Gasteiger partial charge in [-0.1, -0.05) is 50.2 Å². The van der Waals surface area contributed by atoms with Crippen molar-refractivity contribution in [3.63, 3.8) is 0 Å². The number of aryl methyl sites for hydroxylation is 1. The SMILES string of the molecule is Cc1ccc(N2C(=O)C(=O)C(=C(O)c3ccc(C(C)C)cc3)C2c2ccc(N3CCN(C)CC3)cc2)nn1. The number of rotatable bonds is 5. The van der Waals surface area contributed by atoms with Gasteiger partial charge in [-0.15, -0.1) is 5.10 Å². The summed E-state index contributed by atoms with van der Waals surface area (Å²) in [7, 11) is 2.12. The van der Waals surface area contributed by atoms with Crippen molar-refractivity contribution >= 4 is 29.0 Å². The zero-order valence-electron chi connectivity index (χ0n) is 22.3. The minimum atomic E-state index is -0.835. The molecule has 0 bridgehead atoms. The first-order valence-corrected chi connectivity index (χ1v) is 13.0. The number of ketones is 1. The van der Waals surface area contributed by atoms with E-state index in [2.05, 4.69) is 40.9 Å². The average molecular weight is 512 g/mol. The number of piperazine rings is 1. The van der Waals surface area contributed by atoms with Crippen LogP contribution in [0, 0.1) is 6.92 Å². The molecule has 5 rings (SSSR count). The Morgan fingerprint density at radius 3 is 2.13 bits per heavy atom. The molecule has 0 radical (unpaired) electrons. The van der Waals surface area contributed by atoms with Crippen LogP contribution in [-0.2, 0) is 9.59 Å². The number of carbonyl (C=O) groups excluding carboxylic acids is 2. The van der Waals surface area contributed by atoms with E-state index in [1.54, 1.807) is 31.2 Å². The predicted octanol–water partition coefficient (Wildman–Crippen LogP) is 4.29. The molecule has 1 unspecified atom stereocenters. The largest absolute Gasteiger partial charge is 0.507 e. The van der Waals surface area contributed by atoms with Crippen LogP contribution in [-0.4, -0.2) is 65.1 Å². The number of aliphatic hydroxyl groups is 1. The van der Waals surface area contributed by atoms with Crippen LogP contribution >= 0.6 is 0 Å². The van der Waals surface area contributed by atoms with Crippen molar-refractivity contribution in [2.75, 3.05) is 43.0 Å². The Kier molecular flexibility index (Phi) is 6.99. The maximum Gasteiger partial charge on any atom is 0.301 e. The number of hydrogen-bond donors (Lipinski definition) is 1. The van der Waals surface area contributed by atoms with Crippen molar-refractivity contribution in [2.24, 2.45) is 0 Å². The Labute approximate surface area is 223 Å². The molecule has 196 valence electrons. The number of aromatic nitrogens is 2. The van der Waals surface area contributed by atoms with Gasteiger partial charge in [-0.2, -0.15) is 5.10 Å². The average Bonchev–Trinajstić information content (AvgIpc) is 3.19. The van der Waals surface area contributed by atoms with Crippen molar-refractivity contribution in [3.8, 4) is 0 Å². The van der Waals surface area contributed by atoms with Crippen LogP contribution in [0.3, 0.4) is 0 Å². The number of hydrogen-bond acceptors (Lipinski definition) is 7. The van der Waals surface area contributed by atoms with E-state index in [9.17, 15) is 14.7 Å². The standard InChI is InChI=1S/C30H33N5O3/c1-19(2)21-6-8-23(9-7-21)28(36)26-27(35(30(38)29(26)37)25-14-5-20(3)31-32-25)22-10-12-24(13-11-22)34-17-15-33(4)16-18-34/h5-14,19,27,36H,15-18H2,1-4H3. The number of amides is 1. The van der Waals surface area contributed by atoms with Crippen LogP contribution in [0.1, 0.15) is 48.2 Å². The van der Waals surface area contributed by atoms with Crippen LogP contribution in [0.25, 0.3) is 5.76 Å². The monoisotopic (exact) mass is 511 g/mol. The van der Waals surface area contributed by atoms with Gasteiger partial charge >= 0.3 is 5.91 Å². The number of anilines is 2. The minimum Gasteiger partial charge on any atom is -0.507 e. The van der Waals surface area contributed by atoms with Crippen LogP contribution in [0.5, 0.6) is 0 Å². The predicted molar refractivity (Wildman–Crippen MR) is 148 cm³/mol. The first kappa shape index (κ1) is 25.6.